The molecule has 106 valence electrons. The molecule has 5 heteroatoms. The average molecular weight is 291 g/mol. The lowest BCUT2D eigenvalue weighted by molar-refractivity contribution is 0.416. The third-order valence-corrected chi connectivity index (χ3v) is 4.34. The predicted octanol–water partition coefficient (Wildman–Crippen LogP) is 2.76. The molecule has 0 aliphatic rings. The summed E-state index contributed by atoms with van der Waals surface area (Å²) in [6, 6.07) is 15.2. The number of hydrogen-bond acceptors (Lipinski definition) is 3. The summed E-state index contributed by atoms with van der Waals surface area (Å²) >= 11 is 0. The van der Waals surface area contributed by atoms with Crippen LogP contribution in [0.3, 0.4) is 0 Å². The molecule has 2 aromatic carbocycles. The van der Waals surface area contributed by atoms with Gasteiger partial charge in [0.1, 0.15) is 5.75 Å². The minimum Gasteiger partial charge on any atom is -0.496 e. The Labute approximate surface area is 119 Å². The number of hydrogen-bond donors (Lipinski definition) is 0. The van der Waals surface area contributed by atoms with Crippen LogP contribution in [0.5, 0.6) is 5.75 Å². The summed E-state index contributed by atoms with van der Waals surface area (Å²) in [5.41, 5.74) is 2.53. The molecule has 0 saturated heterocycles. The van der Waals surface area contributed by atoms with Crippen LogP contribution in [0.25, 0.3) is 11.1 Å². The lowest BCUT2D eigenvalue weighted by Crippen LogP contribution is -2.24. The van der Waals surface area contributed by atoms with Crippen LogP contribution in [0.4, 0.5) is 5.69 Å². The van der Waals surface area contributed by atoms with Crippen molar-refractivity contribution < 1.29 is 13.2 Å². The number of sulfonamides is 1. The Morgan fingerprint density at radius 3 is 2.25 bits per heavy atom. The largest absolute Gasteiger partial charge is 0.496 e. The number of benzene rings is 2. The first-order valence-corrected chi connectivity index (χ1v) is 7.95. The van der Waals surface area contributed by atoms with Gasteiger partial charge in [0.2, 0.25) is 10.0 Å². The first-order valence-electron chi connectivity index (χ1n) is 6.11. The van der Waals surface area contributed by atoms with Gasteiger partial charge in [-0.25, -0.2) is 8.42 Å². The van der Waals surface area contributed by atoms with Crippen molar-refractivity contribution in [3.8, 4) is 16.9 Å². The smallest absolute Gasteiger partial charge is 0.231 e. The second-order valence-electron chi connectivity index (χ2n) is 4.48. The van der Waals surface area contributed by atoms with Crippen molar-refractivity contribution in [2.75, 3.05) is 24.7 Å². The van der Waals surface area contributed by atoms with Gasteiger partial charge >= 0.3 is 0 Å². The Hall–Kier alpha value is -2.01. The molecule has 0 amide bonds. The second-order valence-corrected chi connectivity index (χ2v) is 6.49. The van der Waals surface area contributed by atoms with E-state index in [1.807, 2.05) is 36.4 Å². The summed E-state index contributed by atoms with van der Waals surface area (Å²) in [7, 11) is -0.185. The molecule has 0 bridgehead atoms. The van der Waals surface area contributed by atoms with Crippen molar-refractivity contribution in [3.05, 3.63) is 48.5 Å². The van der Waals surface area contributed by atoms with Crippen LogP contribution in [-0.4, -0.2) is 28.8 Å². The van der Waals surface area contributed by atoms with Crippen LogP contribution in [0.2, 0.25) is 0 Å². The van der Waals surface area contributed by atoms with E-state index < -0.39 is 10.0 Å². The Bertz CT molecular complexity index is 696. The fourth-order valence-electron chi connectivity index (χ4n) is 1.92. The number of methoxy groups -OCH3 is 1. The summed E-state index contributed by atoms with van der Waals surface area (Å²) in [6.45, 7) is 0. The lowest BCUT2D eigenvalue weighted by Gasteiger charge is -2.18. The molecule has 0 aromatic heterocycles. The van der Waals surface area contributed by atoms with Gasteiger partial charge in [0.05, 0.1) is 19.1 Å². The highest BCUT2D eigenvalue weighted by Crippen LogP contribution is 2.33. The van der Waals surface area contributed by atoms with Crippen molar-refractivity contribution in [2.45, 2.75) is 0 Å². The molecule has 2 aromatic rings. The maximum atomic E-state index is 11.6. The zero-order chi connectivity index (χ0) is 14.8. The molecule has 0 spiro atoms. The van der Waals surface area contributed by atoms with E-state index in [0.29, 0.717) is 11.4 Å². The van der Waals surface area contributed by atoms with Crippen molar-refractivity contribution >= 4 is 15.7 Å². The third kappa shape index (κ3) is 2.93. The summed E-state index contributed by atoms with van der Waals surface area (Å²) in [5, 5.41) is 0. The molecule has 0 N–H and O–H groups in total. The zero-order valence-electron chi connectivity index (χ0n) is 11.7. The standard InChI is InChI=1S/C15H17NO3S/c1-16(20(3,17)18)13-9-10-14(15(11-13)19-2)12-7-5-4-6-8-12/h4-11H,1-3H3. The third-order valence-electron chi connectivity index (χ3n) is 3.13. The van der Waals surface area contributed by atoms with Crippen molar-refractivity contribution in [3.63, 3.8) is 0 Å². The van der Waals surface area contributed by atoms with E-state index in [2.05, 4.69) is 0 Å². The van der Waals surface area contributed by atoms with E-state index in [0.717, 1.165) is 11.1 Å². The predicted molar refractivity (Wildman–Crippen MR) is 81.7 cm³/mol. The minimum atomic E-state index is -3.28. The summed E-state index contributed by atoms with van der Waals surface area (Å²) in [6.07, 6.45) is 1.17. The van der Waals surface area contributed by atoms with Crippen LogP contribution in [0.15, 0.2) is 48.5 Å². The molecule has 0 fully saturated rings. The molecule has 0 atom stereocenters. The van der Waals surface area contributed by atoms with Gasteiger partial charge in [0.25, 0.3) is 0 Å². The van der Waals surface area contributed by atoms with Gasteiger partial charge < -0.3 is 4.74 Å². The van der Waals surface area contributed by atoms with Gasteiger partial charge in [-0.2, -0.15) is 0 Å². The van der Waals surface area contributed by atoms with Gasteiger partial charge in [0, 0.05) is 18.7 Å². The molecular weight excluding hydrogens is 274 g/mol. The van der Waals surface area contributed by atoms with Gasteiger partial charge in [-0.15, -0.1) is 0 Å². The Morgan fingerprint density at radius 1 is 1.05 bits per heavy atom. The summed E-state index contributed by atoms with van der Waals surface area (Å²) < 4.78 is 29.8. The van der Waals surface area contributed by atoms with Crippen LogP contribution < -0.4 is 9.04 Å². The zero-order valence-corrected chi connectivity index (χ0v) is 12.5. The van der Waals surface area contributed by atoms with Gasteiger partial charge in [-0.3, -0.25) is 4.31 Å². The Morgan fingerprint density at radius 2 is 1.70 bits per heavy atom. The molecule has 20 heavy (non-hydrogen) atoms. The van der Waals surface area contributed by atoms with Crippen LogP contribution in [-0.2, 0) is 10.0 Å². The number of rotatable bonds is 4. The molecule has 0 radical (unpaired) electrons. The molecule has 2 rings (SSSR count). The Kier molecular flexibility index (Phi) is 3.99. The number of nitrogens with zero attached hydrogens (tertiary/aromatic N) is 1. The van der Waals surface area contributed by atoms with Crippen LogP contribution in [0.1, 0.15) is 0 Å². The molecular formula is C15H17NO3S. The molecule has 4 nitrogen and oxygen atoms in total. The monoisotopic (exact) mass is 291 g/mol. The van der Waals surface area contributed by atoms with Crippen molar-refractivity contribution in [2.24, 2.45) is 0 Å². The topological polar surface area (TPSA) is 46.6 Å². The first kappa shape index (κ1) is 14.4. The van der Waals surface area contributed by atoms with Gasteiger partial charge in [0.15, 0.2) is 0 Å². The molecule has 0 saturated carbocycles. The number of anilines is 1. The quantitative estimate of drug-likeness (QED) is 0.870. The van der Waals surface area contributed by atoms with E-state index in [9.17, 15) is 8.42 Å². The van der Waals surface area contributed by atoms with Crippen molar-refractivity contribution in [1.29, 1.82) is 0 Å². The first-order chi connectivity index (χ1) is 9.43. The maximum absolute atomic E-state index is 11.6. The fourth-order valence-corrected chi connectivity index (χ4v) is 2.42. The number of ether oxygens (including phenoxy) is 1. The fraction of sp³-hybridized carbons (Fsp3) is 0.200. The highest BCUT2D eigenvalue weighted by Gasteiger charge is 2.14. The molecule has 0 aliphatic carbocycles. The van der Waals surface area contributed by atoms with E-state index in [4.69, 9.17) is 4.74 Å². The lowest BCUT2D eigenvalue weighted by atomic mass is 10.0. The molecule has 0 heterocycles. The minimum absolute atomic E-state index is 0.573. The van der Waals surface area contributed by atoms with Crippen LogP contribution >= 0.6 is 0 Å². The summed E-state index contributed by atoms with van der Waals surface area (Å²) in [5.74, 6) is 0.643. The van der Waals surface area contributed by atoms with E-state index in [-0.39, 0.29) is 0 Å². The normalized spacial score (nSPS) is 11.2. The van der Waals surface area contributed by atoms with Gasteiger partial charge in [-0.05, 0) is 17.7 Å². The Balaban J connectivity index is 2.49. The van der Waals surface area contributed by atoms with Gasteiger partial charge in [-0.1, -0.05) is 30.3 Å². The molecule has 0 unspecified atom stereocenters. The summed E-state index contributed by atoms with van der Waals surface area (Å²) in [4.78, 5) is 0. The van der Waals surface area contributed by atoms with E-state index >= 15 is 0 Å². The SMILES string of the molecule is COc1cc(N(C)S(C)(=O)=O)ccc1-c1ccccc1. The highest BCUT2D eigenvalue weighted by atomic mass is 32.2. The maximum Gasteiger partial charge on any atom is 0.231 e. The average Bonchev–Trinajstić information content (AvgIpc) is 2.45. The molecule has 0 aliphatic heterocycles. The van der Waals surface area contributed by atoms with Crippen molar-refractivity contribution in [1.82, 2.24) is 0 Å². The highest BCUT2D eigenvalue weighted by molar-refractivity contribution is 7.92. The van der Waals surface area contributed by atoms with Crippen LogP contribution in [0, 0.1) is 0 Å². The second kappa shape index (κ2) is 5.54. The van der Waals surface area contributed by atoms with E-state index in [1.54, 1.807) is 19.2 Å². The van der Waals surface area contributed by atoms with E-state index in [1.165, 1.54) is 17.6 Å².